The van der Waals surface area contributed by atoms with Crippen LogP contribution in [0.1, 0.15) is 45.0 Å². The minimum Gasteiger partial charge on any atom is -0.491 e. The number of ether oxygens (including phenoxy) is 1. The Hall–Kier alpha value is -2.56. The average Bonchev–Trinajstić information content (AvgIpc) is 2.47. The Bertz CT molecular complexity index is 689. The second-order valence-corrected chi connectivity index (χ2v) is 6.98. The Morgan fingerprint density at radius 1 is 1.08 bits per heavy atom. The molecule has 0 atom stereocenters. The van der Waals surface area contributed by atoms with Crippen LogP contribution >= 0.6 is 0 Å². The lowest BCUT2D eigenvalue weighted by molar-refractivity contribution is 0.102. The maximum Gasteiger partial charge on any atom is 0.257 e. The third kappa shape index (κ3) is 5.57. The molecule has 0 aliphatic heterocycles. The van der Waals surface area contributed by atoms with Crippen LogP contribution in [0.4, 0.5) is 11.4 Å². The molecule has 0 unspecified atom stereocenters. The van der Waals surface area contributed by atoms with Gasteiger partial charge in [0.1, 0.15) is 5.75 Å². The van der Waals surface area contributed by atoms with Gasteiger partial charge in [-0.1, -0.05) is 0 Å². The summed E-state index contributed by atoms with van der Waals surface area (Å²) in [6.45, 7) is 10.1. The van der Waals surface area contributed by atoms with Gasteiger partial charge in [0, 0.05) is 23.6 Å². The zero-order valence-electron chi connectivity index (χ0n) is 14.9. The van der Waals surface area contributed by atoms with Crippen molar-refractivity contribution >= 4 is 17.3 Å². The summed E-state index contributed by atoms with van der Waals surface area (Å²) in [5.41, 5.74) is 1.94. The number of carbonyl (C=O) groups is 1. The van der Waals surface area contributed by atoms with Crippen LogP contribution in [-0.4, -0.2) is 22.5 Å². The Labute approximate surface area is 143 Å². The summed E-state index contributed by atoms with van der Waals surface area (Å²) >= 11 is 0. The summed E-state index contributed by atoms with van der Waals surface area (Å²) < 4.78 is 5.59. The molecule has 0 fully saturated rings. The molecule has 2 N–H and O–H groups in total. The number of nitrogens with one attached hydrogen (secondary N) is 2. The van der Waals surface area contributed by atoms with Gasteiger partial charge in [-0.05, 0) is 65.0 Å². The van der Waals surface area contributed by atoms with Gasteiger partial charge in [-0.25, -0.2) is 0 Å². The van der Waals surface area contributed by atoms with Crippen LogP contribution in [0.15, 0.2) is 42.7 Å². The first kappa shape index (κ1) is 17.8. The van der Waals surface area contributed by atoms with E-state index in [9.17, 15) is 4.79 Å². The lowest BCUT2D eigenvalue weighted by Gasteiger charge is -2.22. The summed E-state index contributed by atoms with van der Waals surface area (Å²) in [5.74, 6) is 0.582. The van der Waals surface area contributed by atoms with Gasteiger partial charge < -0.3 is 15.4 Å². The van der Waals surface area contributed by atoms with Crippen LogP contribution in [0.2, 0.25) is 0 Å². The molecule has 2 aromatic rings. The van der Waals surface area contributed by atoms with Crippen LogP contribution < -0.4 is 15.4 Å². The Morgan fingerprint density at radius 3 is 2.33 bits per heavy atom. The normalized spacial score (nSPS) is 11.2. The van der Waals surface area contributed by atoms with E-state index in [1.807, 2.05) is 38.1 Å². The molecule has 128 valence electrons. The van der Waals surface area contributed by atoms with Crippen molar-refractivity contribution < 1.29 is 9.53 Å². The van der Waals surface area contributed by atoms with Gasteiger partial charge in [-0.3, -0.25) is 9.78 Å². The van der Waals surface area contributed by atoms with Gasteiger partial charge in [-0.2, -0.15) is 0 Å². The summed E-state index contributed by atoms with van der Waals surface area (Å²) in [6, 6.07) is 9.11. The van der Waals surface area contributed by atoms with Gasteiger partial charge in [0.15, 0.2) is 0 Å². The molecule has 1 aromatic carbocycles. The summed E-state index contributed by atoms with van der Waals surface area (Å²) in [6.07, 6.45) is 3.38. The molecule has 0 aliphatic rings. The summed E-state index contributed by atoms with van der Waals surface area (Å²) in [4.78, 5) is 16.5. The maximum absolute atomic E-state index is 12.4. The smallest absolute Gasteiger partial charge is 0.257 e. The highest BCUT2D eigenvalue weighted by atomic mass is 16.5. The fourth-order valence-electron chi connectivity index (χ4n) is 2.16. The van der Waals surface area contributed by atoms with Crippen LogP contribution in [0.3, 0.4) is 0 Å². The number of benzene rings is 1. The van der Waals surface area contributed by atoms with Crippen molar-refractivity contribution in [3.63, 3.8) is 0 Å². The number of nitrogens with zero attached hydrogens (tertiary/aromatic N) is 1. The lowest BCUT2D eigenvalue weighted by Crippen LogP contribution is -2.26. The molecule has 0 saturated carbocycles. The molecule has 1 heterocycles. The van der Waals surface area contributed by atoms with Crippen LogP contribution in [0.5, 0.6) is 5.75 Å². The number of rotatable bonds is 5. The first-order valence-electron chi connectivity index (χ1n) is 8.04. The molecule has 0 aliphatic carbocycles. The van der Waals surface area contributed by atoms with Crippen LogP contribution in [0.25, 0.3) is 0 Å². The molecule has 2 rings (SSSR count). The molecule has 1 aromatic heterocycles. The molecule has 24 heavy (non-hydrogen) atoms. The van der Waals surface area contributed by atoms with E-state index in [-0.39, 0.29) is 17.6 Å². The maximum atomic E-state index is 12.4. The SMILES string of the molecule is CC(C)Oc1ccc(NC(=O)c2cncc(NC(C)(C)C)c2)cc1. The van der Waals surface area contributed by atoms with Gasteiger partial charge in [0.05, 0.1) is 17.4 Å². The fraction of sp³-hybridized carbons (Fsp3) is 0.368. The fourth-order valence-corrected chi connectivity index (χ4v) is 2.16. The molecule has 0 saturated heterocycles. The zero-order chi connectivity index (χ0) is 17.7. The highest BCUT2D eigenvalue weighted by Crippen LogP contribution is 2.19. The van der Waals surface area contributed by atoms with Crippen molar-refractivity contribution in [1.29, 1.82) is 0 Å². The first-order chi connectivity index (χ1) is 11.2. The predicted molar refractivity (Wildman–Crippen MR) is 97.8 cm³/mol. The summed E-state index contributed by atoms with van der Waals surface area (Å²) in [5, 5.41) is 6.17. The topological polar surface area (TPSA) is 63.2 Å². The van der Waals surface area contributed by atoms with E-state index in [0.29, 0.717) is 11.3 Å². The van der Waals surface area contributed by atoms with E-state index in [1.165, 1.54) is 0 Å². The second-order valence-electron chi connectivity index (χ2n) is 6.98. The van der Waals surface area contributed by atoms with Gasteiger partial charge in [-0.15, -0.1) is 0 Å². The lowest BCUT2D eigenvalue weighted by atomic mass is 10.1. The Kier molecular flexibility index (Phi) is 5.44. The number of hydrogen-bond donors (Lipinski definition) is 2. The summed E-state index contributed by atoms with van der Waals surface area (Å²) in [7, 11) is 0. The van der Waals surface area contributed by atoms with Crippen molar-refractivity contribution in [2.75, 3.05) is 10.6 Å². The number of anilines is 2. The second kappa shape index (κ2) is 7.34. The standard InChI is InChI=1S/C19H25N3O2/c1-13(2)24-17-8-6-15(7-9-17)21-18(23)14-10-16(12-20-11-14)22-19(3,4)5/h6-13,22H,1-5H3,(H,21,23). The zero-order valence-corrected chi connectivity index (χ0v) is 14.9. The first-order valence-corrected chi connectivity index (χ1v) is 8.04. The number of pyridine rings is 1. The molecule has 5 nitrogen and oxygen atoms in total. The Balaban J connectivity index is 2.05. The third-order valence-electron chi connectivity index (χ3n) is 3.00. The molecule has 0 bridgehead atoms. The minimum atomic E-state index is -0.197. The molecule has 0 radical (unpaired) electrons. The van der Waals surface area contributed by atoms with Crippen molar-refractivity contribution in [3.05, 3.63) is 48.3 Å². The van der Waals surface area contributed by atoms with Gasteiger partial charge in [0.25, 0.3) is 5.91 Å². The number of carbonyl (C=O) groups excluding carboxylic acids is 1. The average molecular weight is 327 g/mol. The Morgan fingerprint density at radius 2 is 1.75 bits per heavy atom. The van der Waals surface area contributed by atoms with Crippen molar-refractivity contribution in [3.8, 4) is 5.75 Å². The number of aromatic nitrogens is 1. The molecule has 5 heteroatoms. The molecular weight excluding hydrogens is 302 g/mol. The molecule has 0 spiro atoms. The van der Waals surface area contributed by atoms with Crippen molar-refractivity contribution in [2.45, 2.75) is 46.3 Å². The molecular formula is C19H25N3O2. The van der Waals surface area contributed by atoms with E-state index in [2.05, 4.69) is 36.4 Å². The van der Waals surface area contributed by atoms with E-state index >= 15 is 0 Å². The third-order valence-corrected chi connectivity index (χ3v) is 3.00. The van der Waals surface area contributed by atoms with Crippen LogP contribution in [-0.2, 0) is 0 Å². The van der Waals surface area contributed by atoms with E-state index < -0.39 is 0 Å². The highest BCUT2D eigenvalue weighted by molar-refractivity contribution is 6.04. The number of hydrogen-bond acceptors (Lipinski definition) is 4. The largest absolute Gasteiger partial charge is 0.491 e. The monoisotopic (exact) mass is 327 g/mol. The quantitative estimate of drug-likeness (QED) is 0.858. The van der Waals surface area contributed by atoms with E-state index in [1.54, 1.807) is 18.5 Å². The van der Waals surface area contributed by atoms with E-state index in [0.717, 1.165) is 11.4 Å². The van der Waals surface area contributed by atoms with Crippen molar-refractivity contribution in [2.24, 2.45) is 0 Å². The minimum absolute atomic E-state index is 0.0942. The van der Waals surface area contributed by atoms with E-state index in [4.69, 9.17) is 4.74 Å². The van der Waals surface area contributed by atoms with Gasteiger partial charge in [0.2, 0.25) is 0 Å². The number of amides is 1. The predicted octanol–water partition coefficient (Wildman–Crippen LogP) is 4.33. The van der Waals surface area contributed by atoms with Crippen LogP contribution in [0, 0.1) is 0 Å². The molecule has 1 amide bonds. The van der Waals surface area contributed by atoms with Crippen molar-refractivity contribution in [1.82, 2.24) is 4.98 Å². The highest BCUT2D eigenvalue weighted by Gasteiger charge is 2.12. The van der Waals surface area contributed by atoms with Gasteiger partial charge >= 0.3 is 0 Å².